The van der Waals surface area contributed by atoms with Crippen molar-refractivity contribution in [2.45, 2.75) is 6.54 Å². The molecule has 3 aromatic carbocycles. The largest absolute Gasteiger partial charge is 0.480 e. The number of halogens is 3. The number of hydrogen-bond acceptors (Lipinski definition) is 3. The fourth-order valence-corrected chi connectivity index (χ4v) is 3.70. The molecule has 0 saturated carbocycles. The van der Waals surface area contributed by atoms with Gasteiger partial charge >= 0.3 is 5.97 Å². The molecule has 146 valence electrons. The Morgan fingerprint density at radius 1 is 1.00 bits per heavy atom. The summed E-state index contributed by atoms with van der Waals surface area (Å²) in [5, 5.41) is 13.5. The molecule has 0 aliphatic rings. The van der Waals surface area contributed by atoms with Crippen molar-refractivity contribution in [1.29, 1.82) is 0 Å². The van der Waals surface area contributed by atoms with E-state index in [1.807, 2.05) is 0 Å². The first-order chi connectivity index (χ1) is 13.8. The molecule has 0 saturated heterocycles. The maximum Gasteiger partial charge on any atom is 0.323 e. The summed E-state index contributed by atoms with van der Waals surface area (Å²) < 4.78 is 14.6. The molecule has 0 spiro atoms. The number of nitrogens with one attached hydrogen (secondary N) is 1. The van der Waals surface area contributed by atoms with Crippen LogP contribution in [0.4, 0.5) is 15.8 Å². The Bertz CT molecular complexity index is 1330. The Morgan fingerprint density at radius 3 is 2.34 bits per heavy atom. The number of aliphatic carboxylic acids is 1. The van der Waals surface area contributed by atoms with Crippen LogP contribution in [-0.2, 0) is 11.3 Å². The minimum absolute atomic E-state index is 0.112. The van der Waals surface area contributed by atoms with Crippen LogP contribution in [0.25, 0.3) is 21.8 Å². The molecular formula is C21H13Cl2FN2O3. The van der Waals surface area contributed by atoms with Crippen molar-refractivity contribution in [2.24, 2.45) is 0 Å². The van der Waals surface area contributed by atoms with Crippen LogP contribution in [0.15, 0.2) is 59.4 Å². The van der Waals surface area contributed by atoms with Crippen LogP contribution < -0.4 is 10.7 Å². The predicted molar refractivity (Wildman–Crippen MR) is 113 cm³/mol. The van der Waals surface area contributed by atoms with Gasteiger partial charge in [0.25, 0.3) is 0 Å². The highest BCUT2D eigenvalue weighted by atomic mass is 35.5. The first-order valence-electron chi connectivity index (χ1n) is 8.54. The van der Waals surface area contributed by atoms with Gasteiger partial charge in [-0.3, -0.25) is 9.59 Å². The number of rotatable bonds is 4. The standard InChI is InChI=1S/C21H13Cl2FN2O3/c22-16-8-7-15-20(19(16)23)26(10-18(27)28)17-9-13(5-6-14(17)21(15)29)25-12-3-1-11(24)2-4-12/h1-9,25H,10H2,(H,27,28). The Hall–Kier alpha value is -3.09. The van der Waals surface area contributed by atoms with Crippen molar-refractivity contribution >= 4 is 62.4 Å². The fourth-order valence-electron chi connectivity index (χ4n) is 3.28. The number of nitrogens with zero attached hydrogens (tertiary/aromatic N) is 1. The molecule has 0 radical (unpaired) electrons. The lowest BCUT2D eigenvalue weighted by Gasteiger charge is -2.16. The summed E-state index contributed by atoms with van der Waals surface area (Å²) in [4.78, 5) is 24.5. The highest BCUT2D eigenvalue weighted by Gasteiger charge is 2.17. The summed E-state index contributed by atoms with van der Waals surface area (Å²) in [6, 6.07) is 13.8. The Balaban J connectivity index is 2.00. The quantitative estimate of drug-likeness (QED) is 0.423. The van der Waals surface area contributed by atoms with E-state index in [9.17, 15) is 19.1 Å². The first-order valence-corrected chi connectivity index (χ1v) is 9.29. The van der Waals surface area contributed by atoms with Crippen molar-refractivity contribution in [3.05, 3.63) is 80.7 Å². The lowest BCUT2D eigenvalue weighted by molar-refractivity contribution is -0.137. The number of benzene rings is 3. The molecule has 4 aromatic rings. The molecule has 0 amide bonds. The molecule has 0 aliphatic heterocycles. The van der Waals surface area contributed by atoms with Gasteiger partial charge in [0.15, 0.2) is 5.43 Å². The van der Waals surface area contributed by atoms with Crippen LogP contribution in [0.2, 0.25) is 10.0 Å². The highest BCUT2D eigenvalue weighted by Crippen LogP contribution is 2.32. The number of aromatic nitrogens is 1. The molecule has 0 aliphatic carbocycles. The molecule has 4 rings (SSSR count). The molecular weight excluding hydrogens is 418 g/mol. The predicted octanol–water partition coefficient (Wildman–Crippen LogP) is 5.43. The summed E-state index contributed by atoms with van der Waals surface area (Å²) in [6.07, 6.45) is 0. The van der Waals surface area contributed by atoms with E-state index < -0.39 is 12.5 Å². The maximum absolute atomic E-state index is 13.1. The van der Waals surface area contributed by atoms with Gasteiger partial charge in [0.05, 0.1) is 21.1 Å². The van der Waals surface area contributed by atoms with Crippen LogP contribution in [0.3, 0.4) is 0 Å². The number of carbonyl (C=O) groups is 1. The fraction of sp³-hybridized carbons (Fsp3) is 0.0476. The second-order valence-corrected chi connectivity index (χ2v) is 7.22. The van der Waals surface area contributed by atoms with Gasteiger partial charge in [-0.1, -0.05) is 23.2 Å². The summed E-state index contributed by atoms with van der Waals surface area (Å²) in [6.45, 7) is -0.409. The van der Waals surface area contributed by atoms with E-state index in [0.29, 0.717) is 22.3 Å². The molecule has 2 N–H and O–H groups in total. The molecule has 0 atom stereocenters. The van der Waals surface area contributed by atoms with Crippen molar-refractivity contribution in [3.63, 3.8) is 0 Å². The number of carboxylic acid groups (broad SMARTS) is 1. The van der Waals surface area contributed by atoms with Gasteiger partial charge in [-0.25, -0.2) is 4.39 Å². The summed E-state index contributed by atoms with van der Waals surface area (Å²) in [5.74, 6) is -1.45. The van der Waals surface area contributed by atoms with Gasteiger partial charge in [-0.2, -0.15) is 0 Å². The molecule has 0 unspecified atom stereocenters. The third kappa shape index (κ3) is 3.52. The lowest BCUT2D eigenvalue weighted by Crippen LogP contribution is -2.16. The third-order valence-electron chi connectivity index (χ3n) is 4.54. The second-order valence-electron chi connectivity index (χ2n) is 6.43. The average molecular weight is 431 g/mol. The van der Waals surface area contributed by atoms with E-state index in [4.69, 9.17) is 23.2 Å². The Labute approximate surface area is 173 Å². The van der Waals surface area contributed by atoms with Crippen LogP contribution >= 0.6 is 23.2 Å². The molecule has 0 fully saturated rings. The zero-order valence-corrected chi connectivity index (χ0v) is 16.3. The first kappa shape index (κ1) is 19.2. The van der Waals surface area contributed by atoms with E-state index >= 15 is 0 Å². The number of carboxylic acids is 1. The van der Waals surface area contributed by atoms with E-state index in [2.05, 4.69) is 5.32 Å². The van der Waals surface area contributed by atoms with Gasteiger partial charge < -0.3 is 15.0 Å². The van der Waals surface area contributed by atoms with Gasteiger partial charge in [0.2, 0.25) is 0 Å². The zero-order chi connectivity index (χ0) is 20.7. The average Bonchev–Trinajstić information content (AvgIpc) is 2.69. The SMILES string of the molecule is O=C(O)Cn1c2cc(Nc3ccc(F)cc3)ccc2c(=O)c2ccc(Cl)c(Cl)c21. The van der Waals surface area contributed by atoms with Crippen LogP contribution in [-0.4, -0.2) is 15.6 Å². The van der Waals surface area contributed by atoms with Crippen molar-refractivity contribution in [2.75, 3.05) is 5.32 Å². The summed E-state index contributed by atoms with van der Waals surface area (Å²) in [7, 11) is 0. The van der Waals surface area contributed by atoms with Gasteiger partial charge in [-0.05, 0) is 54.6 Å². The monoisotopic (exact) mass is 430 g/mol. The summed E-state index contributed by atoms with van der Waals surface area (Å²) in [5.41, 5.74) is 1.61. The Kier molecular flexibility index (Phi) is 4.90. The van der Waals surface area contributed by atoms with Crippen LogP contribution in [0.5, 0.6) is 0 Å². The minimum atomic E-state index is -1.09. The smallest absolute Gasteiger partial charge is 0.323 e. The number of anilines is 2. The third-order valence-corrected chi connectivity index (χ3v) is 5.34. The number of fused-ring (bicyclic) bond motifs is 2. The molecule has 29 heavy (non-hydrogen) atoms. The molecule has 1 heterocycles. The molecule has 5 nitrogen and oxygen atoms in total. The van der Waals surface area contributed by atoms with Gasteiger partial charge in [-0.15, -0.1) is 0 Å². The van der Waals surface area contributed by atoms with Gasteiger partial charge in [0, 0.05) is 22.1 Å². The normalized spacial score (nSPS) is 11.1. The summed E-state index contributed by atoms with van der Waals surface area (Å²) >= 11 is 12.4. The lowest BCUT2D eigenvalue weighted by atomic mass is 10.1. The second kappa shape index (κ2) is 7.39. The zero-order valence-electron chi connectivity index (χ0n) is 14.7. The van der Waals surface area contributed by atoms with E-state index in [-0.39, 0.29) is 32.2 Å². The number of hydrogen-bond donors (Lipinski definition) is 2. The van der Waals surface area contributed by atoms with Crippen LogP contribution in [0.1, 0.15) is 0 Å². The van der Waals surface area contributed by atoms with Crippen LogP contribution in [0, 0.1) is 5.82 Å². The number of pyridine rings is 1. The van der Waals surface area contributed by atoms with Gasteiger partial charge in [0.1, 0.15) is 12.4 Å². The minimum Gasteiger partial charge on any atom is -0.480 e. The van der Waals surface area contributed by atoms with Crippen molar-refractivity contribution in [3.8, 4) is 0 Å². The topological polar surface area (TPSA) is 71.3 Å². The molecule has 0 bridgehead atoms. The highest BCUT2D eigenvalue weighted by molar-refractivity contribution is 6.45. The van der Waals surface area contributed by atoms with E-state index in [0.717, 1.165) is 0 Å². The molecule has 1 aromatic heterocycles. The maximum atomic E-state index is 13.1. The van der Waals surface area contributed by atoms with E-state index in [1.165, 1.54) is 28.8 Å². The van der Waals surface area contributed by atoms with Crippen molar-refractivity contribution < 1.29 is 14.3 Å². The Morgan fingerprint density at radius 2 is 1.66 bits per heavy atom. The van der Waals surface area contributed by atoms with E-state index in [1.54, 1.807) is 30.3 Å². The van der Waals surface area contributed by atoms with Crippen molar-refractivity contribution in [1.82, 2.24) is 4.57 Å². The molecule has 8 heteroatoms.